The van der Waals surface area contributed by atoms with Gasteiger partial charge < -0.3 is 4.90 Å². The van der Waals surface area contributed by atoms with Crippen LogP contribution in [0.1, 0.15) is 12.1 Å². The van der Waals surface area contributed by atoms with Gasteiger partial charge in [0.05, 0.1) is 10.2 Å². The summed E-state index contributed by atoms with van der Waals surface area (Å²) in [6.07, 6.45) is 2.16. The van der Waals surface area contributed by atoms with Crippen LogP contribution < -0.4 is 5.56 Å². The largest absolute Gasteiger partial charge is 0.306 e. The average Bonchev–Trinajstić information content (AvgIpc) is 2.58. The van der Waals surface area contributed by atoms with Gasteiger partial charge >= 0.3 is 0 Å². The zero-order valence-corrected chi connectivity index (χ0v) is 10.2. The molecule has 0 saturated carbocycles. The van der Waals surface area contributed by atoms with Crippen molar-refractivity contribution in [2.24, 2.45) is 5.92 Å². The van der Waals surface area contributed by atoms with Crippen LogP contribution >= 0.6 is 15.9 Å². The zero-order chi connectivity index (χ0) is 10.8. The normalized spacial score (nSPS) is 22.1. The van der Waals surface area contributed by atoms with E-state index in [1.54, 1.807) is 0 Å². The lowest BCUT2D eigenvalue weighted by Crippen LogP contribution is -2.16. The van der Waals surface area contributed by atoms with Crippen LogP contribution in [-0.4, -0.2) is 35.2 Å². The number of likely N-dealkylation sites (tertiary alicyclic amines) is 1. The zero-order valence-electron chi connectivity index (χ0n) is 8.66. The maximum absolute atomic E-state index is 11.1. The Morgan fingerprint density at radius 1 is 1.73 bits per heavy atom. The monoisotopic (exact) mass is 271 g/mol. The molecule has 5 heteroatoms. The maximum Gasteiger partial charge on any atom is 0.278 e. The van der Waals surface area contributed by atoms with Crippen molar-refractivity contribution in [3.05, 3.63) is 26.6 Å². The molecule has 1 aromatic heterocycles. The molecule has 1 fully saturated rings. The summed E-state index contributed by atoms with van der Waals surface area (Å²) in [5, 5.41) is 6.53. The first-order valence-electron chi connectivity index (χ1n) is 5.08. The predicted molar refractivity (Wildman–Crippen MR) is 61.9 cm³/mol. The van der Waals surface area contributed by atoms with E-state index in [1.807, 2.05) is 6.07 Å². The highest BCUT2D eigenvalue weighted by Crippen LogP contribution is 2.18. The van der Waals surface area contributed by atoms with Gasteiger partial charge in [0.25, 0.3) is 5.56 Å². The van der Waals surface area contributed by atoms with Crippen molar-refractivity contribution in [2.45, 2.75) is 12.8 Å². The third kappa shape index (κ3) is 2.66. The number of H-pyrrole nitrogens is 1. The molecular weight excluding hydrogens is 258 g/mol. The van der Waals surface area contributed by atoms with Crippen LogP contribution in [0.4, 0.5) is 0 Å². The Kier molecular flexibility index (Phi) is 3.21. The van der Waals surface area contributed by atoms with E-state index < -0.39 is 0 Å². The number of hydrogen-bond donors (Lipinski definition) is 1. The lowest BCUT2D eigenvalue weighted by Gasteiger charge is -2.09. The minimum absolute atomic E-state index is 0.165. The van der Waals surface area contributed by atoms with Crippen molar-refractivity contribution in [3.8, 4) is 0 Å². The van der Waals surface area contributed by atoms with Gasteiger partial charge in [-0.3, -0.25) is 4.79 Å². The summed E-state index contributed by atoms with van der Waals surface area (Å²) in [7, 11) is 2.14. The number of nitrogens with one attached hydrogen (secondary N) is 1. The second kappa shape index (κ2) is 4.45. The summed E-state index contributed by atoms with van der Waals surface area (Å²) in [4.78, 5) is 13.4. The van der Waals surface area contributed by atoms with E-state index in [2.05, 4.69) is 38.1 Å². The molecule has 2 heterocycles. The van der Waals surface area contributed by atoms with Gasteiger partial charge in [-0.05, 0) is 54.3 Å². The van der Waals surface area contributed by atoms with Crippen molar-refractivity contribution in [3.63, 3.8) is 0 Å². The molecule has 0 radical (unpaired) electrons. The first-order valence-corrected chi connectivity index (χ1v) is 5.87. The molecule has 1 N–H and O–H groups in total. The molecule has 0 aliphatic carbocycles. The summed E-state index contributed by atoms with van der Waals surface area (Å²) in [6.45, 7) is 2.29. The molecule has 1 aliphatic heterocycles. The lowest BCUT2D eigenvalue weighted by atomic mass is 10.0. The molecule has 1 aromatic rings. The minimum Gasteiger partial charge on any atom is -0.306 e. The standard InChI is InChI=1S/C10H14BrN3O/c1-14-3-2-7(6-14)4-8-5-9(11)10(15)13-12-8/h5,7H,2-4,6H2,1H3,(H,13,15). The van der Waals surface area contributed by atoms with Gasteiger partial charge in [-0.15, -0.1) is 0 Å². The quantitative estimate of drug-likeness (QED) is 0.874. The van der Waals surface area contributed by atoms with Crippen LogP contribution in [0, 0.1) is 5.92 Å². The van der Waals surface area contributed by atoms with Crippen molar-refractivity contribution in [2.75, 3.05) is 20.1 Å². The van der Waals surface area contributed by atoms with Crippen LogP contribution in [0.25, 0.3) is 0 Å². The van der Waals surface area contributed by atoms with Gasteiger partial charge in [-0.1, -0.05) is 0 Å². The Bertz CT molecular complexity index is 404. The number of aromatic amines is 1. The first kappa shape index (κ1) is 10.8. The fourth-order valence-electron chi connectivity index (χ4n) is 2.01. The second-order valence-corrected chi connectivity index (χ2v) is 5.01. The highest BCUT2D eigenvalue weighted by Gasteiger charge is 2.20. The molecular formula is C10H14BrN3O. The van der Waals surface area contributed by atoms with E-state index in [1.165, 1.54) is 6.42 Å². The Morgan fingerprint density at radius 3 is 3.13 bits per heavy atom. The summed E-state index contributed by atoms with van der Waals surface area (Å²) >= 11 is 3.21. The molecule has 15 heavy (non-hydrogen) atoms. The van der Waals surface area contributed by atoms with Crippen LogP contribution in [0.3, 0.4) is 0 Å². The Balaban J connectivity index is 2.05. The first-order chi connectivity index (χ1) is 7.15. The summed E-state index contributed by atoms with van der Waals surface area (Å²) < 4.78 is 0.568. The molecule has 0 bridgehead atoms. The van der Waals surface area contributed by atoms with Gasteiger partial charge in [-0.25, -0.2) is 5.10 Å². The molecule has 4 nitrogen and oxygen atoms in total. The van der Waals surface area contributed by atoms with Crippen LogP contribution in [-0.2, 0) is 6.42 Å². The van der Waals surface area contributed by atoms with Crippen molar-refractivity contribution in [1.29, 1.82) is 0 Å². The van der Waals surface area contributed by atoms with E-state index in [9.17, 15) is 4.79 Å². The Labute approximate surface area is 96.8 Å². The summed E-state index contributed by atoms with van der Waals surface area (Å²) in [5.74, 6) is 0.667. The van der Waals surface area contributed by atoms with Gasteiger partial charge in [0.2, 0.25) is 0 Å². The molecule has 1 unspecified atom stereocenters. The summed E-state index contributed by atoms with van der Waals surface area (Å²) in [6, 6.07) is 1.82. The molecule has 82 valence electrons. The number of rotatable bonds is 2. The highest BCUT2D eigenvalue weighted by molar-refractivity contribution is 9.10. The highest BCUT2D eigenvalue weighted by atomic mass is 79.9. The molecule has 1 aliphatic rings. The second-order valence-electron chi connectivity index (χ2n) is 4.16. The van der Waals surface area contributed by atoms with Gasteiger partial charge in [0.15, 0.2) is 0 Å². The van der Waals surface area contributed by atoms with Crippen molar-refractivity contribution >= 4 is 15.9 Å². The topological polar surface area (TPSA) is 49.0 Å². The average molecular weight is 272 g/mol. The third-order valence-corrected chi connectivity index (χ3v) is 3.39. The molecule has 0 aromatic carbocycles. The van der Waals surface area contributed by atoms with Crippen molar-refractivity contribution < 1.29 is 0 Å². The van der Waals surface area contributed by atoms with Crippen molar-refractivity contribution in [1.82, 2.24) is 15.1 Å². The molecule has 0 amide bonds. The maximum atomic E-state index is 11.1. The van der Waals surface area contributed by atoms with E-state index in [-0.39, 0.29) is 5.56 Å². The van der Waals surface area contributed by atoms with E-state index in [4.69, 9.17) is 0 Å². The number of aromatic nitrogens is 2. The number of hydrogen-bond acceptors (Lipinski definition) is 3. The van der Waals surface area contributed by atoms with Crippen LogP contribution in [0.2, 0.25) is 0 Å². The van der Waals surface area contributed by atoms with E-state index >= 15 is 0 Å². The molecule has 1 saturated heterocycles. The summed E-state index contributed by atoms with van der Waals surface area (Å²) in [5.41, 5.74) is 0.795. The van der Waals surface area contributed by atoms with Crippen LogP contribution in [0.5, 0.6) is 0 Å². The van der Waals surface area contributed by atoms with Gasteiger partial charge in [0, 0.05) is 6.54 Å². The molecule has 1 atom stereocenters. The predicted octanol–water partition coefficient (Wildman–Crippen LogP) is 1.03. The smallest absolute Gasteiger partial charge is 0.278 e. The van der Waals surface area contributed by atoms with E-state index in [0.717, 1.165) is 25.2 Å². The SMILES string of the molecule is CN1CCC(Cc2cc(Br)c(=O)[nH]n2)C1. The van der Waals surface area contributed by atoms with Gasteiger partial charge in [0.1, 0.15) is 0 Å². The number of nitrogens with zero attached hydrogens (tertiary/aromatic N) is 2. The van der Waals surface area contributed by atoms with Crippen LogP contribution in [0.15, 0.2) is 15.3 Å². The molecule has 2 rings (SSSR count). The Hall–Kier alpha value is -0.680. The number of halogens is 1. The van der Waals surface area contributed by atoms with Gasteiger partial charge in [-0.2, -0.15) is 5.10 Å². The third-order valence-electron chi connectivity index (χ3n) is 2.80. The lowest BCUT2D eigenvalue weighted by molar-refractivity contribution is 0.393. The minimum atomic E-state index is -0.165. The molecule has 0 spiro atoms. The fraction of sp³-hybridized carbons (Fsp3) is 0.600. The Morgan fingerprint density at radius 2 is 2.53 bits per heavy atom. The fourth-order valence-corrected chi connectivity index (χ4v) is 2.37. The van der Waals surface area contributed by atoms with E-state index in [0.29, 0.717) is 10.4 Å².